The lowest BCUT2D eigenvalue weighted by molar-refractivity contribution is 0.0827. The molecular formula is C18H26N4OS. The summed E-state index contributed by atoms with van der Waals surface area (Å²) < 4.78 is 0. The number of amides is 1. The maximum atomic E-state index is 12.1. The number of carbonyl (C=O) groups is 1. The van der Waals surface area contributed by atoms with Gasteiger partial charge in [-0.2, -0.15) is 11.3 Å². The van der Waals surface area contributed by atoms with E-state index in [1.807, 2.05) is 6.07 Å². The fraction of sp³-hybridized carbons (Fsp3) is 0.444. The molecule has 0 bridgehead atoms. The van der Waals surface area contributed by atoms with Crippen LogP contribution in [0.4, 0.5) is 5.82 Å². The molecule has 0 aliphatic carbocycles. The molecule has 1 amide bonds. The lowest BCUT2D eigenvalue weighted by atomic mass is 10.1. The van der Waals surface area contributed by atoms with Gasteiger partial charge in [0.25, 0.3) is 5.91 Å². The molecule has 0 aliphatic rings. The third-order valence-corrected chi connectivity index (χ3v) is 4.77. The average molecular weight is 347 g/mol. The second-order valence-electron chi connectivity index (χ2n) is 5.80. The van der Waals surface area contributed by atoms with Crippen LogP contribution in [-0.4, -0.2) is 54.4 Å². The van der Waals surface area contributed by atoms with Gasteiger partial charge in [0.15, 0.2) is 0 Å². The van der Waals surface area contributed by atoms with Crippen LogP contribution in [0, 0.1) is 0 Å². The molecule has 2 aromatic rings. The summed E-state index contributed by atoms with van der Waals surface area (Å²) in [6.07, 6.45) is 1.68. The van der Waals surface area contributed by atoms with Crippen LogP contribution in [0.15, 0.2) is 35.2 Å². The van der Waals surface area contributed by atoms with Gasteiger partial charge in [0.2, 0.25) is 0 Å². The highest BCUT2D eigenvalue weighted by Crippen LogP contribution is 2.23. The first kappa shape index (κ1) is 18.4. The molecule has 2 aromatic heterocycles. The molecule has 2 heterocycles. The molecule has 1 atom stereocenters. The third-order valence-electron chi connectivity index (χ3n) is 4.07. The molecule has 0 aliphatic heterocycles. The van der Waals surface area contributed by atoms with E-state index in [9.17, 15) is 4.79 Å². The van der Waals surface area contributed by atoms with Crippen LogP contribution in [-0.2, 0) is 0 Å². The van der Waals surface area contributed by atoms with Crippen molar-refractivity contribution in [2.75, 3.05) is 39.0 Å². The number of hydrogen-bond acceptors (Lipinski definition) is 5. The van der Waals surface area contributed by atoms with E-state index in [1.54, 1.807) is 42.6 Å². The number of pyridine rings is 1. The molecule has 0 saturated heterocycles. The van der Waals surface area contributed by atoms with Crippen molar-refractivity contribution in [1.29, 1.82) is 0 Å². The Morgan fingerprint density at radius 1 is 1.29 bits per heavy atom. The molecule has 0 fully saturated rings. The number of likely N-dealkylation sites (N-methyl/N-ethyl adjacent to an activating group) is 1. The number of rotatable bonds is 8. The first-order valence-electron chi connectivity index (χ1n) is 8.24. The van der Waals surface area contributed by atoms with Crippen LogP contribution in [0.3, 0.4) is 0 Å². The molecule has 0 aromatic carbocycles. The van der Waals surface area contributed by atoms with Crippen molar-refractivity contribution < 1.29 is 4.79 Å². The summed E-state index contributed by atoms with van der Waals surface area (Å²) in [4.78, 5) is 20.4. The molecule has 0 unspecified atom stereocenters. The van der Waals surface area contributed by atoms with Gasteiger partial charge in [-0.05, 0) is 47.6 Å². The minimum Gasteiger partial charge on any atom is -0.368 e. The van der Waals surface area contributed by atoms with Gasteiger partial charge >= 0.3 is 0 Å². The summed E-state index contributed by atoms with van der Waals surface area (Å²) in [7, 11) is 3.51. The van der Waals surface area contributed by atoms with Gasteiger partial charge in [0, 0.05) is 32.4 Å². The molecule has 24 heavy (non-hydrogen) atoms. The largest absolute Gasteiger partial charge is 0.368 e. The van der Waals surface area contributed by atoms with E-state index >= 15 is 0 Å². The summed E-state index contributed by atoms with van der Waals surface area (Å²) in [6.45, 7) is 7.09. The molecule has 130 valence electrons. The first-order chi connectivity index (χ1) is 11.6. The van der Waals surface area contributed by atoms with Gasteiger partial charge in [-0.3, -0.25) is 9.69 Å². The standard InChI is InChI=1S/C18H26N4OS/c1-5-22(6-2)16(15-8-10-24-13-15)12-20-17-11-14(7-9-19-17)18(23)21(3)4/h7-11,13,16H,5-6,12H2,1-4H3,(H,19,20)/t16-/m0/s1. The highest BCUT2D eigenvalue weighted by atomic mass is 32.1. The van der Waals surface area contributed by atoms with E-state index < -0.39 is 0 Å². The Hall–Kier alpha value is -1.92. The lowest BCUT2D eigenvalue weighted by Gasteiger charge is -2.29. The van der Waals surface area contributed by atoms with Crippen LogP contribution >= 0.6 is 11.3 Å². The van der Waals surface area contributed by atoms with E-state index in [0.29, 0.717) is 11.6 Å². The van der Waals surface area contributed by atoms with Crippen molar-refractivity contribution >= 4 is 23.1 Å². The molecule has 0 radical (unpaired) electrons. The topological polar surface area (TPSA) is 48.5 Å². The summed E-state index contributed by atoms with van der Waals surface area (Å²) >= 11 is 1.72. The van der Waals surface area contributed by atoms with Crippen molar-refractivity contribution in [1.82, 2.24) is 14.8 Å². The van der Waals surface area contributed by atoms with Crippen molar-refractivity contribution in [3.8, 4) is 0 Å². The van der Waals surface area contributed by atoms with Crippen LogP contribution in [0.2, 0.25) is 0 Å². The molecule has 0 spiro atoms. The van der Waals surface area contributed by atoms with Gasteiger partial charge in [0.1, 0.15) is 5.82 Å². The maximum Gasteiger partial charge on any atom is 0.253 e. The predicted octanol–water partition coefficient (Wildman–Crippen LogP) is 3.34. The number of nitrogens with one attached hydrogen (secondary N) is 1. The molecule has 2 rings (SSSR count). The predicted molar refractivity (Wildman–Crippen MR) is 101 cm³/mol. The van der Waals surface area contributed by atoms with Crippen molar-refractivity contribution in [2.45, 2.75) is 19.9 Å². The van der Waals surface area contributed by atoms with E-state index in [2.05, 4.69) is 45.9 Å². The Balaban J connectivity index is 2.12. The van der Waals surface area contributed by atoms with Gasteiger partial charge in [-0.25, -0.2) is 4.98 Å². The maximum absolute atomic E-state index is 12.1. The second-order valence-corrected chi connectivity index (χ2v) is 6.58. The summed E-state index contributed by atoms with van der Waals surface area (Å²) in [5.41, 5.74) is 1.96. The summed E-state index contributed by atoms with van der Waals surface area (Å²) in [5.74, 6) is 0.716. The first-order valence-corrected chi connectivity index (χ1v) is 9.18. The zero-order chi connectivity index (χ0) is 17.5. The van der Waals surface area contributed by atoms with E-state index in [-0.39, 0.29) is 5.91 Å². The molecular weight excluding hydrogens is 320 g/mol. The summed E-state index contributed by atoms with van der Waals surface area (Å²) in [6, 6.07) is 6.03. The van der Waals surface area contributed by atoms with Gasteiger partial charge in [-0.1, -0.05) is 13.8 Å². The number of carbonyl (C=O) groups excluding carboxylic acids is 1. The van der Waals surface area contributed by atoms with Gasteiger partial charge < -0.3 is 10.2 Å². The third kappa shape index (κ3) is 4.55. The minimum atomic E-state index is -0.0152. The van der Waals surface area contributed by atoms with Crippen molar-refractivity contribution in [3.63, 3.8) is 0 Å². The van der Waals surface area contributed by atoms with E-state index in [4.69, 9.17) is 0 Å². The minimum absolute atomic E-state index is 0.0152. The quantitative estimate of drug-likeness (QED) is 0.796. The fourth-order valence-electron chi connectivity index (χ4n) is 2.71. The zero-order valence-electron chi connectivity index (χ0n) is 14.8. The Labute approximate surface area is 148 Å². The fourth-order valence-corrected chi connectivity index (χ4v) is 3.41. The molecule has 6 heteroatoms. The number of thiophene rings is 1. The SMILES string of the molecule is CCN(CC)[C@@H](CNc1cc(C(=O)N(C)C)ccn1)c1ccsc1. The number of anilines is 1. The normalized spacial score (nSPS) is 12.2. The van der Waals surface area contributed by atoms with Crippen LogP contribution in [0.5, 0.6) is 0 Å². The number of aromatic nitrogens is 1. The van der Waals surface area contributed by atoms with E-state index in [1.165, 1.54) is 5.56 Å². The van der Waals surface area contributed by atoms with Crippen LogP contribution in [0.1, 0.15) is 35.8 Å². The molecule has 0 saturated carbocycles. The number of hydrogen-bond donors (Lipinski definition) is 1. The van der Waals surface area contributed by atoms with Crippen molar-refractivity contribution in [2.24, 2.45) is 0 Å². The van der Waals surface area contributed by atoms with Gasteiger partial charge in [-0.15, -0.1) is 0 Å². The Bertz CT molecular complexity index is 638. The van der Waals surface area contributed by atoms with Crippen LogP contribution < -0.4 is 5.32 Å². The Kier molecular flexibility index (Phi) is 6.75. The highest BCUT2D eigenvalue weighted by Gasteiger charge is 2.18. The highest BCUT2D eigenvalue weighted by molar-refractivity contribution is 7.07. The average Bonchev–Trinajstić information content (AvgIpc) is 3.12. The molecule has 1 N–H and O–H groups in total. The van der Waals surface area contributed by atoms with Gasteiger partial charge in [0.05, 0.1) is 6.04 Å². The molecule has 5 nitrogen and oxygen atoms in total. The smallest absolute Gasteiger partial charge is 0.253 e. The zero-order valence-corrected chi connectivity index (χ0v) is 15.6. The summed E-state index contributed by atoms with van der Waals surface area (Å²) in [5, 5.41) is 7.71. The monoisotopic (exact) mass is 346 g/mol. The second kappa shape index (κ2) is 8.80. The van der Waals surface area contributed by atoms with Crippen molar-refractivity contribution in [3.05, 3.63) is 46.3 Å². The van der Waals surface area contributed by atoms with E-state index in [0.717, 1.165) is 25.5 Å². The Morgan fingerprint density at radius 2 is 2.04 bits per heavy atom. The number of nitrogens with zero attached hydrogens (tertiary/aromatic N) is 3. The van der Waals surface area contributed by atoms with Crippen LogP contribution in [0.25, 0.3) is 0 Å². The Morgan fingerprint density at radius 3 is 2.62 bits per heavy atom. The lowest BCUT2D eigenvalue weighted by Crippen LogP contribution is -2.33.